The molecule has 0 bridgehead atoms. The number of amides is 1. The highest BCUT2D eigenvalue weighted by molar-refractivity contribution is 7.17. The number of rotatable bonds is 8. The molecule has 0 radical (unpaired) electrons. The van der Waals surface area contributed by atoms with Crippen LogP contribution in [0.3, 0.4) is 0 Å². The summed E-state index contributed by atoms with van der Waals surface area (Å²) >= 11 is 0.953. The molecule has 2 aromatic heterocycles. The van der Waals surface area contributed by atoms with Gasteiger partial charge in [-0.1, -0.05) is 23.5 Å². The van der Waals surface area contributed by atoms with E-state index in [9.17, 15) is 19.5 Å². The first-order valence-electron chi connectivity index (χ1n) is 11.0. The summed E-state index contributed by atoms with van der Waals surface area (Å²) < 4.78 is 16.2. The van der Waals surface area contributed by atoms with Crippen molar-refractivity contribution in [1.82, 2.24) is 4.98 Å². The molecule has 0 saturated carbocycles. The van der Waals surface area contributed by atoms with Gasteiger partial charge in [-0.3, -0.25) is 14.5 Å². The predicted octanol–water partition coefficient (Wildman–Crippen LogP) is 4.71. The Labute approximate surface area is 205 Å². The Kier molecular flexibility index (Phi) is 6.74. The standard InChI is InChI=1S/C25H24N2O7S/c1-5-32-16-9-7-8-15(12-16)19-18(20(28)17-11-10-13(3)34-17)21(29)23(30)27(19)25-26-14(4)22(35-25)24(31)33-6-2/h7-12,19,29H,5-6H2,1-4H3. The molecule has 35 heavy (non-hydrogen) atoms. The first kappa shape index (κ1) is 24.2. The molecule has 1 aliphatic rings. The first-order chi connectivity index (χ1) is 16.8. The van der Waals surface area contributed by atoms with Gasteiger partial charge in [0.1, 0.15) is 16.4 Å². The average Bonchev–Trinajstić information content (AvgIpc) is 3.50. The van der Waals surface area contributed by atoms with Gasteiger partial charge in [-0.05, 0) is 57.5 Å². The normalized spacial score (nSPS) is 15.6. The fraction of sp³-hybridized carbons (Fsp3) is 0.280. The zero-order valence-corrected chi connectivity index (χ0v) is 20.5. The van der Waals surface area contributed by atoms with Crippen LogP contribution in [0.15, 0.2) is 52.1 Å². The number of carbonyl (C=O) groups excluding carboxylic acids is 3. The smallest absolute Gasteiger partial charge is 0.350 e. The van der Waals surface area contributed by atoms with E-state index in [0.717, 1.165) is 11.3 Å². The third-order valence-corrected chi connectivity index (χ3v) is 6.49. The molecule has 1 unspecified atom stereocenters. The monoisotopic (exact) mass is 496 g/mol. The van der Waals surface area contributed by atoms with Gasteiger partial charge in [0.2, 0.25) is 5.78 Å². The summed E-state index contributed by atoms with van der Waals surface area (Å²) in [4.78, 5) is 45.0. The number of thiazole rings is 1. The summed E-state index contributed by atoms with van der Waals surface area (Å²) in [5.41, 5.74) is 0.744. The van der Waals surface area contributed by atoms with Crippen molar-refractivity contribution in [2.75, 3.05) is 18.1 Å². The summed E-state index contributed by atoms with van der Waals surface area (Å²) in [5, 5.41) is 11.0. The van der Waals surface area contributed by atoms with Crippen molar-refractivity contribution in [1.29, 1.82) is 0 Å². The second kappa shape index (κ2) is 9.75. The number of nitrogens with zero attached hydrogens (tertiary/aromatic N) is 2. The number of carbonyl (C=O) groups is 3. The van der Waals surface area contributed by atoms with E-state index >= 15 is 0 Å². The van der Waals surface area contributed by atoms with Crippen LogP contribution in [0, 0.1) is 13.8 Å². The number of aromatic nitrogens is 1. The van der Waals surface area contributed by atoms with Crippen LogP contribution in [0.4, 0.5) is 5.13 Å². The molecule has 0 saturated heterocycles. The van der Waals surface area contributed by atoms with Gasteiger partial charge >= 0.3 is 5.97 Å². The van der Waals surface area contributed by atoms with Crippen LogP contribution in [-0.2, 0) is 9.53 Å². The van der Waals surface area contributed by atoms with Crippen LogP contribution in [0.5, 0.6) is 5.75 Å². The van der Waals surface area contributed by atoms with E-state index in [1.54, 1.807) is 51.1 Å². The summed E-state index contributed by atoms with van der Waals surface area (Å²) in [5.74, 6) is -1.67. The third-order valence-electron chi connectivity index (χ3n) is 5.35. The molecule has 0 fully saturated rings. The highest BCUT2D eigenvalue weighted by atomic mass is 32.1. The number of hydrogen-bond donors (Lipinski definition) is 1. The molecule has 1 aromatic carbocycles. The Morgan fingerprint density at radius 1 is 1.17 bits per heavy atom. The van der Waals surface area contributed by atoms with E-state index < -0.39 is 29.5 Å². The summed E-state index contributed by atoms with van der Waals surface area (Å²) in [6.45, 7) is 7.45. The zero-order valence-electron chi connectivity index (χ0n) is 19.7. The van der Waals surface area contributed by atoms with E-state index in [2.05, 4.69) is 4.98 Å². The lowest BCUT2D eigenvalue weighted by Gasteiger charge is -2.24. The lowest BCUT2D eigenvalue weighted by molar-refractivity contribution is -0.117. The molecule has 1 amide bonds. The molecule has 4 rings (SSSR count). The second-order valence-corrected chi connectivity index (χ2v) is 8.69. The van der Waals surface area contributed by atoms with Crippen molar-refractivity contribution in [3.63, 3.8) is 0 Å². The number of Topliss-reactive ketones (excluding diaryl/α,β-unsaturated/α-hetero) is 1. The van der Waals surface area contributed by atoms with Crippen molar-refractivity contribution in [2.45, 2.75) is 33.7 Å². The fourth-order valence-electron chi connectivity index (χ4n) is 3.85. The number of furan rings is 1. The Balaban J connectivity index is 1.86. The lowest BCUT2D eigenvalue weighted by atomic mass is 9.95. The molecule has 1 atom stereocenters. The van der Waals surface area contributed by atoms with Gasteiger partial charge in [-0.25, -0.2) is 9.78 Å². The molecule has 0 spiro atoms. The second-order valence-electron chi connectivity index (χ2n) is 7.72. The number of ketones is 1. The number of aliphatic hydroxyl groups is 1. The van der Waals surface area contributed by atoms with E-state index in [4.69, 9.17) is 13.9 Å². The topological polar surface area (TPSA) is 119 Å². The maximum absolute atomic E-state index is 13.4. The molecule has 10 heteroatoms. The van der Waals surface area contributed by atoms with Gasteiger partial charge < -0.3 is 19.0 Å². The number of ether oxygens (including phenoxy) is 2. The quantitative estimate of drug-likeness (QED) is 0.352. The molecule has 1 N–H and O–H groups in total. The highest BCUT2D eigenvalue weighted by Crippen LogP contribution is 2.44. The SMILES string of the molecule is CCOC(=O)c1sc(N2C(=O)C(O)=C(C(=O)c3ccc(C)o3)C2c2cccc(OCC)c2)nc1C. The van der Waals surface area contributed by atoms with Crippen molar-refractivity contribution < 1.29 is 33.4 Å². The number of hydrogen-bond acceptors (Lipinski definition) is 9. The molecule has 9 nitrogen and oxygen atoms in total. The van der Waals surface area contributed by atoms with Crippen LogP contribution >= 0.6 is 11.3 Å². The van der Waals surface area contributed by atoms with Gasteiger partial charge in [-0.2, -0.15) is 0 Å². The lowest BCUT2D eigenvalue weighted by Crippen LogP contribution is -2.31. The first-order valence-corrected chi connectivity index (χ1v) is 11.8. The fourth-order valence-corrected chi connectivity index (χ4v) is 4.84. The zero-order chi connectivity index (χ0) is 25.3. The van der Waals surface area contributed by atoms with Crippen molar-refractivity contribution in [2.24, 2.45) is 0 Å². The summed E-state index contributed by atoms with van der Waals surface area (Å²) in [7, 11) is 0. The third kappa shape index (κ3) is 4.44. The van der Waals surface area contributed by atoms with Gasteiger partial charge in [0.25, 0.3) is 5.91 Å². The molecule has 0 aliphatic carbocycles. The number of aryl methyl sites for hydroxylation is 2. The van der Waals surface area contributed by atoms with Crippen LogP contribution in [0.1, 0.15) is 57.1 Å². The van der Waals surface area contributed by atoms with Crippen molar-refractivity contribution in [3.8, 4) is 5.75 Å². The minimum Gasteiger partial charge on any atom is -0.503 e. The van der Waals surface area contributed by atoms with Gasteiger partial charge in [0.15, 0.2) is 16.7 Å². The van der Waals surface area contributed by atoms with Crippen LogP contribution < -0.4 is 9.64 Å². The Morgan fingerprint density at radius 3 is 2.60 bits per heavy atom. The number of esters is 1. The average molecular weight is 497 g/mol. The van der Waals surface area contributed by atoms with Gasteiger partial charge in [0, 0.05) is 0 Å². The number of aliphatic hydroxyl groups excluding tert-OH is 1. The Hall–Kier alpha value is -3.92. The maximum atomic E-state index is 13.4. The van der Waals surface area contributed by atoms with E-state index in [1.807, 2.05) is 6.92 Å². The van der Waals surface area contributed by atoms with E-state index in [-0.39, 0.29) is 27.9 Å². The largest absolute Gasteiger partial charge is 0.503 e. The van der Waals surface area contributed by atoms with Gasteiger partial charge in [-0.15, -0.1) is 0 Å². The highest BCUT2D eigenvalue weighted by Gasteiger charge is 2.47. The maximum Gasteiger partial charge on any atom is 0.350 e. The van der Waals surface area contributed by atoms with E-state index in [0.29, 0.717) is 29.4 Å². The van der Waals surface area contributed by atoms with Crippen LogP contribution in [0.25, 0.3) is 0 Å². The molecule has 1 aliphatic heterocycles. The minimum atomic E-state index is -1.03. The van der Waals surface area contributed by atoms with E-state index in [1.165, 1.54) is 11.0 Å². The molecule has 3 heterocycles. The Morgan fingerprint density at radius 2 is 1.94 bits per heavy atom. The summed E-state index contributed by atoms with van der Waals surface area (Å²) in [6, 6.07) is 8.99. The predicted molar refractivity (Wildman–Crippen MR) is 128 cm³/mol. The minimum absolute atomic E-state index is 0.00723. The van der Waals surface area contributed by atoms with Crippen molar-refractivity contribution in [3.05, 3.63) is 75.4 Å². The van der Waals surface area contributed by atoms with Crippen LogP contribution in [0.2, 0.25) is 0 Å². The van der Waals surface area contributed by atoms with Crippen LogP contribution in [-0.4, -0.2) is 41.0 Å². The molecule has 3 aromatic rings. The van der Waals surface area contributed by atoms with Gasteiger partial charge in [0.05, 0.1) is 30.5 Å². The molecule has 182 valence electrons. The number of benzene rings is 1. The summed E-state index contributed by atoms with van der Waals surface area (Å²) in [6.07, 6.45) is 0. The number of anilines is 1. The van der Waals surface area contributed by atoms with Crippen molar-refractivity contribution >= 4 is 34.1 Å². The molecular formula is C25H24N2O7S. The Bertz CT molecular complexity index is 1340. The molecular weight excluding hydrogens is 472 g/mol.